The van der Waals surface area contributed by atoms with Crippen LogP contribution in [0.1, 0.15) is 51.5 Å². The Bertz CT molecular complexity index is 1060. The van der Waals surface area contributed by atoms with Crippen molar-refractivity contribution in [2.24, 2.45) is 0 Å². The number of amides is 1. The fourth-order valence-corrected chi connectivity index (χ4v) is 3.39. The summed E-state index contributed by atoms with van der Waals surface area (Å²) in [4.78, 5) is 41.2. The Morgan fingerprint density at radius 1 is 1.15 bits per heavy atom. The van der Waals surface area contributed by atoms with Crippen LogP contribution >= 0.6 is 0 Å². The smallest absolute Gasteiger partial charge is 0.383 e. The highest BCUT2D eigenvalue weighted by atomic mass is 19.4. The van der Waals surface area contributed by atoms with Crippen molar-refractivity contribution in [3.63, 3.8) is 0 Å². The SMILES string of the molecule is CCCCCN(CC(=O)Nc1cccc(C(F)(F)F)c1)c1c(N)n(CCCC)c(=O)[nH]c1=O. The van der Waals surface area contributed by atoms with E-state index in [4.69, 9.17) is 5.73 Å². The van der Waals surface area contributed by atoms with E-state index in [1.54, 1.807) is 0 Å². The molecule has 0 aliphatic heterocycles. The maximum atomic E-state index is 13.0. The summed E-state index contributed by atoms with van der Waals surface area (Å²) in [5.41, 5.74) is 3.93. The molecule has 2 aromatic rings. The Morgan fingerprint density at radius 2 is 1.85 bits per heavy atom. The fraction of sp³-hybridized carbons (Fsp3) is 0.500. The van der Waals surface area contributed by atoms with Crippen molar-refractivity contribution < 1.29 is 18.0 Å². The Kier molecular flexibility index (Phi) is 9.12. The molecule has 0 atom stereocenters. The first kappa shape index (κ1) is 26.0. The second-order valence-corrected chi connectivity index (χ2v) is 7.75. The van der Waals surface area contributed by atoms with Crippen LogP contribution in [0.5, 0.6) is 0 Å². The molecule has 0 aliphatic rings. The summed E-state index contributed by atoms with van der Waals surface area (Å²) in [7, 11) is 0. The lowest BCUT2D eigenvalue weighted by Crippen LogP contribution is -2.42. The molecular formula is C22H30F3N5O3. The molecule has 0 fully saturated rings. The van der Waals surface area contributed by atoms with Gasteiger partial charge in [0.2, 0.25) is 5.91 Å². The fourth-order valence-electron chi connectivity index (χ4n) is 3.39. The summed E-state index contributed by atoms with van der Waals surface area (Å²) in [5, 5.41) is 2.44. The van der Waals surface area contributed by atoms with Crippen molar-refractivity contribution in [3.05, 3.63) is 50.7 Å². The molecule has 1 aromatic heterocycles. The first-order valence-corrected chi connectivity index (χ1v) is 10.9. The zero-order valence-corrected chi connectivity index (χ0v) is 18.8. The van der Waals surface area contributed by atoms with Crippen LogP contribution in [0.2, 0.25) is 0 Å². The summed E-state index contributed by atoms with van der Waals surface area (Å²) >= 11 is 0. The van der Waals surface area contributed by atoms with Gasteiger partial charge < -0.3 is 16.0 Å². The first-order chi connectivity index (χ1) is 15.6. The minimum absolute atomic E-state index is 0.000924. The van der Waals surface area contributed by atoms with Crippen LogP contribution in [0.3, 0.4) is 0 Å². The van der Waals surface area contributed by atoms with Gasteiger partial charge in [0, 0.05) is 18.8 Å². The number of H-pyrrole nitrogens is 1. The largest absolute Gasteiger partial charge is 0.416 e. The van der Waals surface area contributed by atoms with E-state index >= 15 is 0 Å². The molecule has 8 nitrogen and oxygen atoms in total. The maximum Gasteiger partial charge on any atom is 0.416 e. The average molecular weight is 470 g/mol. The summed E-state index contributed by atoms with van der Waals surface area (Å²) in [6.07, 6.45) is -0.687. The number of nitrogen functional groups attached to an aromatic ring is 1. The molecule has 4 N–H and O–H groups in total. The van der Waals surface area contributed by atoms with Gasteiger partial charge in [-0.25, -0.2) is 4.79 Å². The Hall–Kier alpha value is -3.24. The number of aromatic nitrogens is 2. The van der Waals surface area contributed by atoms with E-state index in [9.17, 15) is 27.6 Å². The third-order valence-corrected chi connectivity index (χ3v) is 5.11. The molecule has 33 heavy (non-hydrogen) atoms. The zero-order valence-electron chi connectivity index (χ0n) is 18.8. The Morgan fingerprint density at radius 3 is 2.48 bits per heavy atom. The number of carbonyl (C=O) groups is 1. The van der Waals surface area contributed by atoms with Crippen molar-refractivity contribution in [1.29, 1.82) is 0 Å². The first-order valence-electron chi connectivity index (χ1n) is 10.9. The lowest BCUT2D eigenvalue weighted by Gasteiger charge is -2.26. The van der Waals surface area contributed by atoms with E-state index in [0.29, 0.717) is 25.9 Å². The van der Waals surface area contributed by atoms with Gasteiger partial charge in [-0.15, -0.1) is 0 Å². The number of hydrogen-bond acceptors (Lipinski definition) is 5. The van der Waals surface area contributed by atoms with Gasteiger partial charge in [0.1, 0.15) is 11.5 Å². The highest BCUT2D eigenvalue weighted by Crippen LogP contribution is 2.30. The summed E-state index contributed by atoms with van der Waals surface area (Å²) in [5.74, 6) is -0.656. The molecule has 1 amide bonds. The minimum atomic E-state index is -4.54. The highest BCUT2D eigenvalue weighted by molar-refractivity contribution is 5.94. The number of nitrogens with two attached hydrogens (primary N) is 1. The number of halogens is 3. The van der Waals surface area contributed by atoms with Crippen LogP contribution in [-0.2, 0) is 17.5 Å². The summed E-state index contributed by atoms with van der Waals surface area (Å²) in [6.45, 7) is 4.24. The maximum absolute atomic E-state index is 13.0. The standard InChI is InChI=1S/C22H30F3N5O3/c1-3-5-7-11-29(18-19(26)30(12-6-4-2)21(33)28-20(18)32)14-17(31)27-16-10-8-9-15(13-16)22(23,24)25/h8-10,13H,3-7,11-12,14,26H2,1-2H3,(H,27,31)(H,28,32,33). The lowest BCUT2D eigenvalue weighted by molar-refractivity contribution is -0.137. The molecular weight excluding hydrogens is 439 g/mol. The third-order valence-electron chi connectivity index (χ3n) is 5.11. The van der Waals surface area contributed by atoms with Gasteiger partial charge in [-0.1, -0.05) is 39.2 Å². The van der Waals surface area contributed by atoms with E-state index in [1.165, 1.54) is 21.6 Å². The van der Waals surface area contributed by atoms with E-state index in [1.807, 2.05) is 13.8 Å². The molecule has 2 rings (SSSR count). The number of benzene rings is 1. The van der Waals surface area contributed by atoms with Crippen LogP contribution < -0.4 is 27.2 Å². The number of rotatable bonds is 11. The van der Waals surface area contributed by atoms with Gasteiger partial charge in [0.15, 0.2) is 0 Å². The molecule has 0 saturated carbocycles. The predicted octanol–water partition coefficient (Wildman–Crippen LogP) is 3.57. The molecule has 0 spiro atoms. The van der Waals surface area contributed by atoms with Gasteiger partial charge in [-0.05, 0) is 31.0 Å². The van der Waals surface area contributed by atoms with E-state index in [2.05, 4.69) is 10.3 Å². The predicted molar refractivity (Wildman–Crippen MR) is 122 cm³/mol. The molecule has 182 valence electrons. The van der Waals surface area contributed by atoms with Crippen LogP contribution in [0.25, 0.3) is 0 Å². The van der Waals surface area contributed by atoms with Gasteiger partial charge in [-0.3, -0.25) is 19.1 Å². The molecule has 11 heteroatoms. The number of alkyl halides is 3. The van der Waals surface area contributed by atoms with Gasteiger partial charge in [-0.2, -0.15) is 13.2 Å². The van der Waals surface area contributed by atoms with Crippen molar-refractivity contribution in [2.45, 2.75) is 58.7 Å². The van der Waals surface area contributed by atoms with E-state index in [0.717, 1.165) is 31.4 Å². The molecule has 0 radical (unpaired) electrons. The highest BCUT2D eigenvalue weighted by Gasteiger charge is 2.30. The molecule has 0 bridgehead atoms. The second kappa shape index (κ2) is 11.6. The van der Waals surface area contributed by atoms with Crippen LogP contribution in [0.15, 0.2) is 33.9 Å². The number of unbranched alkanes of at least 4 members (excludes halogenated alkanes) is 3. The number of nitrogens with zero attached hydrogens (tertiary/aromatic N) is 2. The van der Waals surface area contributed by atoms with E-state index < -0.39 is 28.9 Å². The van der Waals surface area contributed by atoms with Crippen LogP contribution in [0, 0.1) is 0 Å². The molecule has 0 unspecified atom stereocenters. The molecule has 0 saturated heterocycles. The zero-order chi connectivity index (χ0) is 24.6. The molecule has 1 heterocycles. The number of aromatic amines is 1. The number of nitrogens with one attached hydrogen (secondary N) is 2. The monoisotopic (exact) mass is 469 g/mol. The summed E-state index contributed by atoms with van der Waals surface area (Å²) in [6, 6.07) is 4.29. The van der Waals surface area contributed by atoms with Crippen LogP contribution in [-0.4, -0.2) is 28.5 Å². The van der Waals surface area contributed by atoms with Crippen molar-refractivity contribution in [1.82, 2.24) is 9.55 Å². The normalized spacial score (nSPS) is 11.4. The van der Waals surface area contributed by atoms with Crippen molar-refractivity contribution in [3.8, 4) is 0 Å². The Balaban J connectivity index is 2.33. The third kappa shape index (κ3) is 7.13. The van der Waals surface area contributed by atoms with Gasteiger partial charge in [0.25, 0.3) is 5.56 Å². The quantitative estimate of drug-likeness (QED) is 0.436. The minimum Gasteiger partial charge on any atom is -0.383 e. The average Bonchev–Trinajstić information content (AvgIpc) is 2.73. The summed E-state index contributed by atoms with van der Waals surface area (Å²) < 4.78 is 40.1. The lowest BCUT2D eigenvalue weighted by atomic mass is 10.2. The van der Waals surface area contributed by atoms with Gasteiger partial charge >= 0.3 is 11.9 Å². The van der Waals surface area contributed by atoms with Gasteiger partial charge in [0.05, 0.1) is 12.1 Å². The second-order valence-electron chi connectivity index (χ2n) is 7.75. The van der Waals surface area contributed by atoms with Crippen LogP contribution in [0.4, 0.5) is 30.4 Å². The number of anilines is 3. The van der Waals surface area contributed by atoms with E-state index in [-0.39, 0.29) is 23.7 Å². The number of hydrogen-bond donors (Lipinski definition) is 3. The molecule has 0 aliphatic carbocycles. The molecule has 1 aromatic carbocycles. The van der Waals surface area contributed by atoms with Crippen molar-refractivity contribution in [2.75, 3.05) is 29.0 Å². The Labute approximate surface area is 189 Å². The topological polar surface area (TPSA) is 113 Å². The van der Waals surface area contributed by atoms with Crippen molar-refractivity contribution >= 4 is 23.1 Å². The number of carbonyl (C=O) groups excluding carboxylic acids is 1.